The monoisotopic (exact) mass is 460 g/mol. The van der Waals surface area contributed by atoms with Crippen molar-refractivity contribution in [3.63, 3.8) is 0 Å². The van der Waals surface area contributed by atoms with Crippen molar-refractivity contribution in [1.82, 2.24) is 9.80 Å². The van der Waals surface area contributed by atoms with Crippen molar-refractivity contribution < 1.29 is 9.84 Å². The Kier molecular flexibility index (Phi) is 6.56. The van der Waals surface area contributed by atoms with Gasteiger partial charge in [0.05, 0.1) is 29.6 Å². The molecule has 3 aliphatic heterocycles. The SMILES string of the molecule is N#C/C=C(\N1CCCC[C@H]1C1=CC=CN2/C(=C\C#N)C3(CCCCC3)OC12)C1(O)CCCCC1. The topological polar surface area (TPSA) is 83.5 Å². The van der Waals surface area contributed by atoms with Crippen LogP contribution in [0.5, 0.6) is 0 Å². The lowest BCUT2D eigenvalue weighted by molar-refractivity contribution is -0.0579. The van der Waals surface area contributed by atoms with Crippen molar-refractivity contribution in [2.45, 2.75) is 107 Å². The van der Waals surface area contributed by atoms with Crippen molar-refractivity contribution in [2.24, 2.45) is 0 Å². The van der Waals surface area contributed by atoms with Gasteiger partial charge in [0.1, 0.15) is 11.2 Å². The molecule has 6 heteroatoms. The number of rotatable bonds is 3. The van der Waals surface area contributed by atoms with E-state index in [2.05, 4.69) is 40.3 Å². The summed E-state index contributed by atoms with van der Waals surface area (Å²) in [6, 6.07) is 4.59. The maximum Gasteiger partial charge on any atom is 0.159 e. The first-order valence-electron chi connectivity index (χ1n) is 13.2. The first-order valence-corrected chi connectivity index (χ1v) is 13.2. The fraction of sp³-hybridized carbons (Fsp3) is 0.643. The molecule has 2 saturated carbocycles. The van der Waals surface area contributed by atoms with Crippen LogP contribution in [0.1, 0.15) is 83.5 Å². The van der Waals surface area contributed by atoms with Crippen LogP contribution in [0.4, 0.5) is 0 Å². The quantitative estimate of drug-likeness (QED) is 0.585. The molecule has 3 heterocycles. The van der Waals surface area contributed by atoms with Gasteiger partial charge in [0.15, 0.2) is 6.23 Å². The fourth-order valence-electron chi connectivity index (χ4n) is 6.95. The Labute approximate surface area is 203 Å². The molecule has 0 amide bonds. The molecule has 0 aromatic heterocycles. The zero-order chi connectivity index (χ0) is 23.6. The van der Waals surface area contributed by atoms with Crippen molar-refractivity contribution in [3.8, 4) is 12.1 Å². The molecular weight excluding hydrogens is 424 g/mol. The minimum Gasteiger partial charge on any atom is -0.384 e. The van der Waals surface area contributed by atoms with Crippen LogP contribution in [0.25, 0.3) is 0 Å². The minimum atomic E-state index is -0.929. The Morgan fingerprint density at radius 3 is 2.44 bits per heavy atom. The molecule has 2 saturated heterocycles. The van der Waals surface area contributed by atoms with E-state index in [0.29, 0.717) is 12.8 Å². The molecule has 2 aliphatic carbocycles. The number of aliphatic hydroxyl groups is 1. The summed E-state index contributed by atoms with van der Waals surface area (Å²) < 4.78 is 6.90. The maximum atomic E-state index is 11.6. The highest BCUT2D eigenvalue weighted by Crippen LogP contribution is 2.50. The standard InChI is InChI=1S/C28H36N4O2/c29-18-12-24(27(33)14-4-1-5-15-27)31-20-8-3-11-23(31)22-10-9-21-32-25(13-19-30)28(34-26(22)32)16-6-2-7-17-28/h9-10,12-13,21,23,26,33H,1-8,11,14-17,20H2/b24-12-,25-13-/t23-,26?/m0/s1. The Hall–Kier alpha value is -2.54. The van der Waals surface area contributed by atoms with Gasteiger partial charge < -0.3 is 19.6 Å². The summed E-state index contributed by atoms with van der Waals surface area (Å²) in [6.07, 6.45) is 22.4. The van der Waals surface area contributed by atoms with Crippen LogP contribution in [-0.4, -0.2) is 44.9 Å². The van der Waals surface area contributed by atoms with Crippen molar-refractivity contribution in [2.75, 3.05) is 6.54 Å². The molecule has 1 unspecified atom stereocenters. The smallest absolute Gasteiger partial charge is 0.159 e. The highest BCUT2D eigenvalue weighted by atomic mass is 16.5. The molecule has 0 aromatic rings. The molecular formula is C28H36N4O2. The number of hydrogen-bond donors (Lipinski definition) is 1. The van der Waals surface area contributed by atoms with E-state index in [1.165, 1.54) is 12.0 Å². The van der Waals surface area contributed by atoms with Gasteiger partial charge in [-0.15, -0.1) is 0 Å². The maximum absolute atomic E-state index is 11.6. The molecule has 2 atom stereocenters. The lowest BCUT2D eigenvalue weighted by Crippen LogP contribution is -2.51. The van der Waals surface area contributed by atoms with Crippen molar-refractivity contribution in [3.05, 3.63) is 47.5 Å². The Balaban J connectivity index is 1.49. The first-order chi connectivity index (χ1) is 16.6. The highest BCUT2D eigenvalue weighted by molar-refractivity contribution is 5.39. The number of nitrogens with zero attached hydrogens (tertiary/aromatic N) is 4. The number of likely N-dealkylation sites (tertiary alicyclic amines) is 1. The zero-order valence-corrected chi connectivity index (χ0v) is 20.1. The number of piperidine rings is 1. The van der Waals surface area contributed by atoms with Gasteiger partial charge in [0, 0.05) is 30.5 Å². The second-order valence-corrected chi connectivity index (χ2v) is 10.6. The van der Waals surface area contributed by atoms with Crippen LogP contribution in [-0.2, 0) is 4.74 Å². The van der Waals surface area contributed by atoms with E-state index in [1.807, 2.05) is 0 Å². The van der Waals surface area contributed by atoms with Gasteiger partial charge in [-0.3, -0.25) is 0 Å². The number of fused-ring (bicyclic) bond motifs is 1. The third-order valence-corrected chi connectivity index (χ3v) is 8.57. The number of allylic oxidation sites excluding steroid dienone is 4. The Morgan fingerprint density at radius 2 is 1.74 bits per heavy atom. The average molecular weight is 461 g/mol. The van der Waals surface area contributed by atoms with E-state index in [0.717, 1.165) is 82.1 Å². The molecule has 6 nitrogen and oxygen atoms in total. The molecule has 34 heavy (non-hydrogen) atoms. The molecule has 0 radical (unpaired) electrons. The van der Waals surface area contributed by atoms with Gasteiger partial charge in [-0.05, 0) is 51.0 Å². The van der Waals surface area contributed by atoms with Gasteiger partial charge in [-0.25, -0.2) is 0 Å². The van der Waals surface area contributed by atoms with Gasteiger partial charge in [-0.1, -0.05) is 44.6 Å². The predicted octanol–water partition coefficient (Wildman–Crippen LogP) is 5.17. The summed E-state index contributed by atoms with van der Waals surface area (Å²) in [5.41, 5.74) is 1.64. The normalized spacial score (nSPS) is 31.7. The molecule has 0 bridgehead atoms. The van der Waals surface area contributed by atoms with Gasteiger partial charge in [-0.2, -0.15) is 10.5 Å². The van der Waals surface area contributed by atoms with E-state index in [1.54, 1.807) is 12.2 Å². The summed E-state index contributed by atoms with van der Waals surface area (Å²) in [5, 5.41) is 30.9. The van der Waals surface area contributed by atoms with Gasteiger partial charge in [0.2, 0.25) is 0 Å². The van der Waals surface area contributed by atoms with Crippen molar-refractivity contribution in [1.29, 1.82) is 10.5 Å². The molecule has 5 rings (SSSR count). The van der Waals surface area contributed by atoms with Gasteiger partial charge in [0.25, 0.3) is 0 Å². The average Bonchev–Trinajstić information content (AvgIpc) is 3.16. The van der Waals surface area contributed by atoms with Crippen LogP contribution < -0.4 is 0 Å². The van der Waals surface area contributed by atoms with Crippen LogP contribution in [0.2, 0.25) is 0 Å². The summed E-state index contributed by atoms with van der Waals surface area (Å²) in [7, 11) is 0. The van der Waals surface area contributed by atoms with E-state index in [4.69, 9.17) is 4.74 Å². The number of hydrogen-bond acceptors (Lipinski definition) is 6. The third-order valence-electron chi connectivity index (χ3n) is 8.57. The van der Waals surface area contributed by atoms with Crippen LogP contribution in [0, 0.1) is 22.7 Å². The van der Waals surface area contributed by atoms with Crippen LogP contribution >= 0.6 is 0 Å². The summed E-state index contributed by atoms with van der Waals surface area (Å²) >= 11 is 0. The predicted molar refractivity (Wildman–Crippen MR) is 130 cm³/mol. The lowest BCUT2D eigenvalue weighted by Gasteiger charge is -2.48. The molecule has 4 fully saturated rings. The second-order valence-electron chi connectivity index (χ2n) is 10.6. The summed E-state index contributed by atoms with van der Waals surface area (Å²) in [6.45, 7) is 0.834. The lowest BCUT2D eigenvalue weighted by atomic mass is 9.80. The van der Waals surface area contributed by atoms with E-state index in [-0.39, 0.29) is 12.3 Å². The van der Waals surface area contributed by atoms with E-state index < -0.39 is 11.2 Å². The molecule has 0 aromatic carbocycles. The largest absolute Gasteiger partial charge is 0.384 e. The van der Waals surface area contributed by atoms with Gasteiger partial charge >= 0.3 is 0 Å². The van der Waals surface area contributed by atoms with Crippen LogP contribution in [0.15, 0.2) is 47.5 Å². The Bertz CT molecular complexity index is 983. The number of nitriles is 2. The summed E-state index contributed by atoms with van der Waals surface area (Å²) in [4.78, 5) is 4.48. The first kappa shape index (κ1) is 23.2. The second kappa shape index (κ2) is 9.61. The highest BCUT2D eigenvalue weighted by Gasteiger charge is 2.52. The van der Waals surface area contributed by atoms with E-state index >= 15 is 0 Å². The fourth-order valence-corrected chi connectivity index (χ4v) is 6.95. The molecule has 1 spiro atoms. The number of ether oxygens (including phenoxy) is 1. The molecule has 5 aliphatic rings. The summed E-state index contributed by atoms with van der Waals surface area (Å²) in [5.74, 6) is 0. The minimum absolute atomic E-state index is 0.0684. The Morgan fingerprint density at radius 1 is 1.00 bits per heavy atom. The van der Waals surface area contributed by atoms with Crippen LogP contribution in [0.3, 0.4) is 0 Å². The third kappa shape index (κ3) is 3.98. The van der Waals surface area contributed by atoms with E-state index in [9.17, 15) is 15.6 Å². The van der Waals surface area contributed by atoms with Crippen molar-refractivity contribution >= 4 is 0 Å². The zero-order valence-electron chi connectivity index (χ0n) is 20.1. The molecule has 1 N–H and O–H groups in total. The molecule has 180 valence electrons.